The molecule has 2 aliphatic heterocycles. The first-order valence-corrected chi connectivity index (χ1v) is 8.87. The van der Waals surface area contributed by atoms with Gasteiger partial charge >= 0.3 is 0 Å². The molecule has 25 heavy (non-hydrogen) atoms. The number of ether oxygens (including phenoxy) is 2. The number of hydrogen-bond acceptors (Lipinski definition) is 5. The Morgan fingerprint density at radius 3 is 2.56 bits per heavy atom. The predicted octanol–water partition coefficient (Wildman–Crippen LogP) is 2.14. The zero-order valence-electron chi connectivity index (χ0n) is 14.3. The van der Waals surface area contributed by atoms with E-state index in [1.807, 2.05) is 36.4 Å². The molecule has 4 rings (SSSR count). The van der Waals surface area contributed by atoms with Gasteiger partial charge in [-0.3, -0.25) is 4.90 Å². The van der Waals surface area contributed by atoms with Crippen molar-refractivity contribution in [3.8, 4) is 11.5 Å². The van der Waals surface area contributed by atoms with Crippen LogP contribution in [0, 0.1) is 0 Å². The molecule has 2 aromatic rings. The molecule has 1 saturated heterocycles. The summed E-state index contributed by atoms with van der Waals surface area (Å²) in [5, 5.41) is 9.30. The fraction of sp³-hybridized carbons (Fsp3) is 0.400. The summed E-state index contributed by atoms with van der Waals surface area (Å²) >= 11 is 0. The van der Waals surface area contributed by atoms with Crippen LogP contribution in [0.1, 0.15) is 5.56 Å². The Hall–Kier alpha value is -2.24. The maximum absolute atomic E-state index is 9.30. The summed E-state index contributed by atoms with van der Waals surface area (Å²) in [6, 6.07) is 16.0. The Labute approximate surface area is 148 Å². The van der Waals surface area contributed by atoms with Gasteiger partial charge in [-0.25, -0.2) is 0 Å². The van der Waals surface area contributed by atoms with Crippen LogP contribution in [0.15, 0.2) is 48.5 Å². The van der Waals surface area contributed by atoms with Gasteiger partial charge in [-0.15, -0.1) is 0 Å². The fourth-order valence-corrected chi connectivity index (χ4v) is 3.48. The van der Waals surface area contributed by atoms with E-state index in [2.05, 4.69) is 21.9 Å². The number of piperazine rings is 1. The van der Waals surface area contributed by atoms with Crippen LogP contribution >= 0.6 is 0 Å². The highest BCUT2D eigenvalue weighted by molar-refractivity contribution is 5.49. The van der Waals surface area contributed by atoms with E-state index in [9.17, 15) is 5.11 Å². The Kier molecular flexibility index (Phi) is 4.76. The van der Waals surface area contributed by atoms with E-state index in [1.165, 1.54) is 5.69 Å². The van der Waals surface area contributed by atoms with Crippen molar-refractivity contribution in [1.82, 2.24) is 4.90 Å². The zero-order chi connectivity index (χ0) is 17.1. The van der Waals surface area contributed by atoms with Gasteiger partial charge in [0.2, 0.25) is 0 Å². The zero-order valence-corrected chi connectivity index (χ0v) is 14.3. The summed E-state index contributed by atoms with van der Waals surface area (Å²) in [5.41, 5.74) is 2.16. The predicted molar refractivity (Wildman–Crippen MR) is 97.4 cm³/mol. The lowest BCUT2D eigenvalue weighted by Gasteiger charge is -2.38. The van der Waals surface area contributed by atoms with E-state index >= 15 is 0 Å². The van der Waals surface area contributed by atoms with Crippen LogP contribution in [-0.2, 0) is 6.61 Å². The van der Waals surface area contributed by atoms with Crippen molar-refractivity contribution in [2.75, 3.05) is 44.2 Å². The quantitative estimate of drug-likeness (QED) is 0.924. The van der Waals surface area contributed by atoms with Crippen LogP contribution in [0.3, 0.4) is 0 Å². The lowest BCUT2D eigenvalue weighted by atomic mass is 10.1. The number of para-hydroxylation sites is 2. The minimum atomic E-state index is 0.0826. The third kappa shape index (κ3) is 3.72. The largest absolute Gasteiger partial charge is 0.486 e. The van der Waals surface area contributed by atoms with Gasteiger partial charge in [0.05, 0.1) is 6.61 Å². The van der Waals surface area contributed by atoms with Gasteiger partial charge in [-0.05, 0) is 29.8 Å². The number of aliphatic hydroxyl groups is 1. The molecule has 0 radical (unpaired) electrons. The molecule has 2 heterocycles. The molecule has 0 saturated carbocycles. The van der Waals surface area contributed by atoms with Crippen molar-refractivity contribution in [3.05, 3.63) is 54.1 Å². The minimum absolute atomic E-state index is 0.0826. The second-order valence-corrected chi connectivity index (χ2v) is 6.61. The molecule has 1 fully saturated rings. The van der Waals surface area contributed by atoms with Crippen LogP contribution in [0.4, 0.5) is 5.69 Å². The summed E-state index contributed by atoms with van der Waals surface area (Å²) in [7, 11) is 0. The highest BCUT2D eigenvalue weighted by Crippen LogP contribution is 2.31. The van der Waals surface area contributed by atoms with Gasteiger partial charge in [0.1, 0.15) is 12.7 Å². The van der Waals surface area contributed by atoms with Crippen molar-refractivity contribution in [1.29, 1.82) is 0 Å². The van der Waals surface area contributed by atoms with E-state index in [1.54, 1.807) is 0 Å². The average molecular weight is 340 g/mol. The van der Waals surface area contributed by atoms with Crippen molar-refractivity contribution in [2.24, 2.45) is 0 Å². The second kappa shape index (κ2) is 7.33. The van der Waals surface area contributed by atoms with Crippen molar-refractivity contribution in [3.63, 3.8) is 0 Å². The lowest BCUT2D eigenvalue weighted by molar-refractivity contribution is 0.0571. The molecule has 0 spiro atoms. The number of hydrogen-bond donors (Lipinski definition) is 1. The Bertz CT molecular complexity index is 714. The molecule has 2 aliphatic rings. The Morgan fingerprint density at radius 2 is 1.76 bits per heavy atom. The number of benzene rings is 2. The van der Waals surface area contributed by atoms with Crippen LogP contribution in [0.2, 0.25) is 0 Å². The van der Waals surface area contributed by atoms with Gasteiger partial charge in [-0.1, -0.05) is 24.3 Å². The molecule has 0 bridgehead atoms. The molecule has 1 unspecified atom stereocenters. The van der Waals surface area contributed by atoms with E-state index in [-0.39, 0.29) is 12.7 Å². The molecule has 0 aromatic heterocycles. The molecule has 5 nitrogen and oxygen atoms in total. The van der Waals surface area contributed by atoms with Crippen molar-refractivity contribution >= 4 is 5.69 Å². The first-order valence-electron chi connectivity index (χ1n) is 8.87. The van der Waals surface area contributed by atoms with Gasteiger partial charge in [-0.2, -0.15) is 0 Å². The maximum atomic E-state index is 9.30. The summed E-state index contributed by atoms with van der Waals surface area (Å²) in [4.78, 5) is 4.82. The van der Waals surface area contributed by atoms with E-state index in [0.717, 1.165) is 49.8 Å². The Balaban J connectivity index is 1.31. The number of rotatable bonds is 4. The molecule has 1 atom stereocenters. The number of fused-ring (bicyclic) bond motifs is 1. The molecule has 0 amide bonds. The number of anilines is 1. The van der Waals surface area contributed by atoms with Crippen LogP contribution < -0.4 is 14.4 Å². The fourth-order valence-electron chi connectivity index (χ4n) is 3.48. The second-order valence-electron chi connectivity index (χ2n) is 6.61. The minimum Gasteiger partial charge on any atom is -0.486 e. The number of aliphatic hydroxyl groups excluding tert-OH is 1. The van der Waals surface area contributed by atoms with Crippen LogP contribution in [0.25, 0.3) is 0 Å². The third-order valence-electron chi connectivity index (χ3n) is 4.86. The van der Waals surface area contributed by atoms with Crippen LogP contribution in [-0.4, -0.2) is 55.4 Å². The molecular weight excluding hydrogens is 316 g/mol. The Morgan fingerprint density at radius 1 is 0.960 bits per heavy atom. The maximum Gasteiger partial charge on any atom is 0.161 e. The molecule has 132 valence electrons. The first kappa shape index (κ1) is 16.2. The summed E-state index contributed by atoms with van der Waals surface area (Å²) < 4.78 is 11.9. The molecular formula is C20H24N2O3. The van der Waals surface area contributed by atoms with E-state index < -0.39 is 0 Å². The van der Waals surface area contributed by atoms with Gasteiger partial charge < -0.3 is 19.5 Å². The van der Waals surface area contributed by atoms with Crippen molar-refractivity contribution < 1.29 is 14.6 Å². The SMILES string of the molecule is OCc1cccc(N2CCN(CC3COc4ccccc4O3)CC2)c1. The summed E-state index contributed by atoms with van der Waals surface area (Å²) in [6.07, 6.45) is 0.0826. The van der Waals surface area contributed by atoms with Gasteiger partial charge in [0.15, 0.2) is 11.5 Å². The highest BCUT2D eigenvalue weighted by Gasteiger charge is 2.25. The molecule has 2 aromatic carbocycles. The van der Waals surface area contributed by atoms with Crippen molar-refractivity contribution in [2.45, 2.75) is 12.7 Å². The summed E-state index contributed by atoms with van der Waals surface area (Å²) in [5.74, 6) is 1.69. The molecule has 5 heteroatoms. The van der Waals surface area contributed by atoms with E-state index in [4.69, 9.17) is 9.47 Å². The van der Waals surface area contributed by atoms with Gasteiger partial charge in [0, 0.05) is 38.4 Å². The summed E-state index contributed by atoms with van der Waals surface area (Å²) in [6.45, 7) is 5.57. The highest BCUT2D eigenvalue weighted by atomic mass is 16.6. The van der Waals surface area contributed by atoms with Crippen LogP contribution in [0.5, 0.6) is 11.5 Å². The standard InChI is InChI=1S/C20H24N2O3/c23-14-16-4-3-5-17(12-16)22-10-8-21(9-11-22)13-18-15-24-19-6-1-2-7-20(19)25-18/h1-7,12,18,23H,8-11,13-15H2. The first-order chi connectivity index (χ1) is 12.3. The third-order valence-corrected chi connectivity index (χ3v) is 4.86. The normalized spacial score (nSPS) is 20.5. The molecule has 0 aliphatic carbocycles. The molecule has 1 N–H and O–H groups in total. The smallest absolute Gasteiger partial charge is 0.161 e. The van der Waals surface area contributed by atoms with E-state index in [0.29, 0.717) is 6.61 Å². The number of nitrogens with zero attached hydrogens (tertiary/aromatic N) is 2. The lowest BCUT2D eigenvalue weighted by Crippen LogP contribution is -2.50. The monoisotopic (exact) mass is 340 g/mol. The van der Waals surface area contributed by atoms with Gasteiger partial charge in [0.25, 0.3) is 0 Å². The average Bonchev–Trinajstić information content (AvgIpc) is 2.68. The topological polar surface area (TPSA) is 45.2 Å².